The van der Waals surface area contributed by atoms with Gasteiger partial charge in [0, 0.05) is 31.4 Å². The summed E-state index contributed by atoms with van der Waals surface area (Å²) < 4.78 is 24.2. The molecule has 0 radical (unpaired) electrons. The van der Waals surface area contributed by atoms with Gasteiger partial charge in [-0.15, -0.1) is 0 Å². The molecule has 2 aromatic rings. The first kappa shape index (κ1) is 15.7. The minimum Gasteiger partial charge on any atom is -0.306 e. The van der Waals surface area contributed by atoms with E-state index in [4.69, 9.17) is 5.14 Å². The van der Waals surface area contributed by atoms with Crippen molar-refractivity contribution < 1.29 is 8.42 Å². The Bertz CT molecular complexity index is 720. The van der Waals surface area contributed by atoms with Crippen molar-refractivity contribution in [3.05, 3.63) is 47.3 Å². The zero-order valence-electron chi connectivity index (χ0n) is 12.4. The highest BCUT2D eigenvalue weighted by Crippen LogP contribution is 2.16. The molecule has 1 aromatic carbocycles. The molecule has 0 amide bonds. The lowest BCUT2D eigenvalue weighted by Crippen LogP contribution is -2.18. The number of nitrogens with one attached hydrogen (secondary N) is 1. The van der Waals surface area contributed by atoms with Crippen LogP contribution < -0.4 is 10.5 Å². The lowest BCUT2D eigenvalue weighted by Gasteiger charge is -2.14. The largest absolute Gasteiger partial charge is 0.306 e. The van der Waals surface area contributed by atoms with Crippen LogP contribution in [0.3, 0.4) is 0 Å². The molecule has 0 aliphatic rings. The molecule has 7 heteroatoms. The van der Waals surface area contributed by atoms with Gasteiger partial charge in [0.25, 0.3) is 0 Å². The van der Waals surface area contributed by atoms with E-state index in [-0.39, 0.29) is 10.9 Å². The molecule has 0 spiro atoms. The van der Waals surface area contributed by atoms with Crippen molar-refractivity contribution in [3.8, 4) is 0 Å². The first-order valence-corrected chi connectivity index (χ1v) is 8.17. The van der Waals surface area contributed by atoms with Crippen molar-refractivity contribution in [2.24, 2.45) is 12.2 Å². The van der Waals surface area contributed by atoms with Crippen molar-refractivity contribution >= 4 is 10.0 Å². The van der Waals surface area contributed by atoms with Crippen LogP contribution in [0, 0.1) is 6.92 Å². The number of rotatable bonds is 5. The number of primary sulfonamides is 1. The maximum Gasteiger partial charge on any atom is 0.238 e. The molecule has 0 aliphatic carbocycles. The van der Waals surface area contributed by atoms with E-state index in [1.54, 1.807) is 16.8 Å². The standard InChI is InChI=1S/C14H20N4O2S/c1-10(16-8-13-9-18(3)17-11(13)2)12-4-6-14(7-5-12)21(15,19)20/h4-7,9-10,16H,8H2,1-3H3,(H2,15,19,20). The van der Waals surface area contributed by atoms with Crippen molar-refractivity contribution in [1.29, 1.82) is 0 Å². The Hall–Kier alpha value is -1.70. The number of benzene rings is 1. The molecule has 2 rings (SSSR count). The van der Waals surface area contributed by atoms with Crippen LogP contribution in [0.4, 0.5) is 0 Å². The molecular formula is C14H20N4O2S. The van der Waals surface area contributed by atoms with Crippen molar-refractivity contribution in [3.63, 3.8) is 0 Å². The van der Waals surface area contributed by atoms with Gasteiger partial charge in [0.05, 0.1) is 10.6 Å². The van der Waals surface area contributed by atoms with Crippen molar-refractivity contribution in [1.82, 2.24) is 15.1 Å². The summed E-state index contributed by atoms with van der Waals surface area (Å²) in [5.41, 5.74) is 3.15. The van der Waals surface area contributed by atoms with E-state index >= 15 is 0 Å². The summed E-state index contributed by atoms with van der Waals surface area (Å²) in [6, 6.07) is 6.69. The summed E-state index contributed by atoms with van der Waals surface area (Å²) >= 11 is 0. The van der Waals surface area contributed by atoms with Gasteiger partial charge in [0.2, 0.25) is 10.0 Å². The predicted molar refractivity (Wildman–Crippen MR) is 81.0 cm³/mol. The van der Waals surface area contributed by atoms with Crippen LogP contribution in [-0.4, -0.2) is 18.2 Å². The van der Waals surface area contributed by atoms with E-state index in [0.717, 1.165) is 16.8 Å². The highest BCUT2D eigenvalue weighted by atomic mass is 32.2. The van der Waals surface area contributed by atoms with E-state index in [2.05, 4.69) is 10.4 Å². The Kier molecular flexibility index (Phi) is 4.46. The third kappa shape index (κ3) is 3.90. The molecule has 114 valence electrons. The van der Waals surface area contributed by atoms with E-state index in [9.17, 15) is 8.42 Å². The Labute approximate surface area is 125 Å². The summed E-state index contributed by atoms with van der Waals surface area (Å²) in [5.74, 6) is 0. The van der Waals surface area contributed by atoms with Gasteiger partial charge in [0.1, 0.15) is 0 Å². The van der Waals surface area contributed by atoms with Crippen LogP contribution in [0.5, 0.6) is 0 Å². The molecule has 0 saturated heterocycles. The molecule has 1 unspecified atom stereocenters. The predicted octanol–water partition coefficient (Wildman–Crippen LogP) is 1.23. The second-order valence-corrected chi connectivity index (χ2v) is 6.69. The topological polar surface area (TPSA) is 90.0 Å². The number of nitrogens with two attached hydrogens (primary N) is 1. The number of sulfonamides is 1. The van der Waals surface area contributed by atoms with Crippen LogP contribution in [0.25, 0.3) is 0 Å². The molecule has 0 aliphatic heterocycles. The third-order valence-electron chi connectivity index (χ3n) is 3.42. The normalized spacial score (nSPS) is 13.3. The number of aryl methyl sites for hydroxylation is 2. The van der Waals surface area contributed by atoms with Gasteiger partial charge in [-0.3, -0.25) is 4.68 Å². The smallest absolute Gasteiger partial charge is 0.238 e. The monoisotopic (exact) mass is 308 g/mol. The van der Waals surface area contributed by atoms with Gasteiger partial charge < -0.3 is 5.32 Å². The maximum atomic E-state index is 11.2. The SMILES string of the molecule is Cc1nn(C)cc1CNC(C)c1ccc(S(N)(=O)=O)cc1. The Morgan fingerprint density at radius 3 is 2.43 bits per heavy atom. The van der Waals surface area contributed by atoms with Crippen LogP contribution in [-0.2, 0) is 23.6 Å². The lowest BCUT2D eigenvalue weighted by molar-refractivity contribution is 0.572. The molecule has 6 nitrogen and oxygen atoms in total. The number of hydrogen-bond donors (Lipinski definition) is 2. The summed E-state index contributed by atoms with van der Waals surface area (Å²) in [6.45, 7) is 4.71. The van der Waals surface area contributed by atoms with Gasteiger partial charge >= 0.3 is 0 Å². The summed E-state index contributed by atoms with van der Waals surface area (Å²) in [5, 5.41) is 12.8. The zero-order chi connectivity index (χ0) is 15.6. The summed E-state index contributed by atoms with van der Waals surface area (Å²) in [7, 11) is -1.74. The quantitative estimate of drug-likeness (QED) is 0.869. The van der Waals surface area contributed by atoms with Gasteiger partial charge in [-0.05, 0) is 31.5 Å². The summed E-state index contributed by atoms with van der Waals surface area (Å²) in [6.07, 6.45) is 1.99. The Morgan fingerprint density at radius 2 is 1.95 bits per heavy atom. The minimum atomic E-state index is -3.63. The first-order valence-electron chi connectivity index (χ1n) is 6.62. The van der Waals surface area contributed by atoms with E-state index in [0.29, 0.717) is 6.54 Å². The average molecular weight is 308 g/mol. The molecule has 21 heavy (non-hydrogen) atoms. The molecule has 1 atom stereocenters. The first-order chi connectivity index (χ1) is 9.77. The molecule has 1 aromatic heterocycles. The summed E-state index contributed by atoms with van der Waals surface area (Å²) in [4.78, 5) is 0.126. The highest BCUT2D eigenvalue weighted by molar-refractivity contribution is 7.89. The van der Waals surface area contributed by atoms with E-state index < -0.39 is 10.0 Å². The molecule has 0 bridgehead atoms. The van der Waals surface area contributed by atoms with Crippen molar-refractivity contribution in [2.45, 2.75) is 31.3 Å². The second kappa shape index (κ2) is 5.97. The van der Waals surface area contributed by atoms with E-state index in [1.807, 2.05) is 27.1 Å². The van der Waals surface area contributed by atoms with Crippen molar-refractivity contribution in [2.75, 3.05) is 0 Å². The highest BCUT2D eigenvalue weighted by Gasteiger charge is 2.10. The second-order valence-electron chi connectivity index (χ2n) is 5.13. The van der Waals surface area contributed by atoms with Gasteiger partial charge in [-0.25, -0.2) is 13.6 Å². The van der Waals surface area contributed by atoms with Crippen LogP contribution in [0.2, 0.25) is 0 Å². The Morgan fingerprint density at radius 1 is 1.33 bits per heavy atom. The number of nitrogens with zero attached hydrogens (tertiary/aromatic N) is 2. The lowest BCUT2D eigenvalue weighted by atomic mass is 10.1. The van der Waals surface area contributed by atoms with Gasteiger partial charge in [0.15, 0.2) is 0 Å². The molecule has 0 saturated carbocycles. The fourth-order valence-corrected chi connectivity index (χ4v) is 2.66. The van der Waals surface area contributed by atoms with Crippen LogP contribution in [0.15, 0.2) is 35.4 Å². The molecule has 3 N–H and O–H groups in total. The average Bonchev–Trinajstić information content (AvgIpc) is 2.73. The molecule has 1 heterocycles. The molecular weight excluding hydrogens is 288 g/mol. The zero-order valence-corrected chi connectivity index (χ0v) is 13.2. The van der Waals surface area contributed by atoms with Gasteiger partial charge in [-0.1, -0.05) is 12.1 Å². The third-order valence-corrected chi connectivity index (χ3v) is 4.35. The van der Waals surface area contributed by atoms with E-state index in [1.165, 1.54) is 12.1 Å². The fourth-order valence-electron chi connectivity index (χ4n) is 2.15. The minimum absolute atomic E-state index is 0.0964. The Balaban J connectivity index is 2.03. The fraction of sp³-hybridized carbons (Fsp3) is 0.357. The molecule has 0 fully saturated rings. The number of aromatic nitrogens is 2. The number of hydrogen-bond acceptors (Lipinski definition) is 4. The van der Waals surface area contributed by atoms with Gasteiger partial charge in [-0.2, -0.15) is 5.10 Å². The van der Waals surface area contributed by atoms with Crippen LogP contribution >= 0.6 is 0 Å². The van der Waals surface area contributed by atoms with Crippen LogP contribution in [0.1, 0.15) is 29.8 Å². The maximum absolute atomic E-state index is 11.2.